The summed E-state index contributed by atoms with van der Waals surface area (Å²) in [5, 5.41) is 20.9. The number of aromatic nitrogens is 3. The van der Waals surface area contributed by atoms with E-state index in [1.807, 2.05) is 0 Å². The fraction of sp³-hybridized carbons (Fsp3) is 0.0385. The third kappa shape index (κ3) is 11.1. The SMILES string of the molecule is O=S(=O)(O)CN(c1ccccc1)c1nc(Cl)nc(Nc2ccc3c(O)c(N=Nc4ccccc4S(=O)(=O)O)c(S(=O)(=O)O)cc3c2)n1.[Na].[Na].[Na]. The van der Waals surface area contributed by atoms with Crippen LogP contribution >= 0.6 is 11.6 Å². The maximum Gasteiger partial charge on any atom is 0.296 e. The number of fused-ring (bicyclic) bond motifs is 1. The average Bonchev–Trinajstić information content (AvgIpc) is 2.98. The van der Waals surface area contributed by atoms with Crippen LogP contribution in [0.3, 0.4) is 0 Å². The van der Waals surface area contributed by atoms with Gasteiger partial charge in [-0.25, -0.2) is 0 Å². The first-order chi connectivity index (χ1) is 22.0. The number of halogens is 1. The second kappa shape index (κ2) is 17.8. The number of nitrogens with zero attached hydrogens (tertiary/aromatic N) is 6. The fourth-order valence-corrected chi connectivity index (χ4v) is 6.28. The van der Waals surface area contributed by atoms with Crippen molar-refractivity contribution in [1.29, 1.82) is 0 Å². The standard InChI is InChI=1S/C26H20ClN7O10S3.3Na/c27-24-29-25(31-26(30-24)34(14-45(36,37)38)17-6-2-1-3-7-17)28-16-10-11-18-15(12-16)13-21(47(42,43)44)22(23(18)35)33-32-19-8-4-5-9-20(19)46(39,40)41;;;/h1-13,35H,14H2,(H,36,37,38)(H,39,40,41)(H,42,43,44)(H,28,29,30,31);;;. The van der Waals surface area contributed by atoms with Gasteiger partial charge in [0.2, 0.25) is 17.2 Å². The normalized spacial score (nSPS) is 11.7. The molecule has 0 amide bonds. The Hall–Kier alpha value is -1.83. The molecule has 247 valence electrons. The van der Waals surface area contributed by atoms with E-state index in [4.69, 9.17) is 11.6 Å². The van der Waals surface area contributed by atoms with E-state index < -0.39 is 57.5 Å². The molecule has 1 aromatic heterocycles. The van der Waals surface area contributed by atoms with Gasteiger partial charge in [0, 0.05) is 105 Å². The first kappa shape index (κ1) is 44.3. The molecule has 0 aliphatic carbocycles. The van der Waals surface area contributed by atoms with Crippen LogP contribution < -0.4 is 10.2 Å². The first-order valence-corrected chi connectivity index (χ1v) is 17.6. The number of anilines is 4. The number of phenolic OH excluding ortho intramolecular Hbond substituents is 1. The van der Waals surface area contributed by atoms with Crippen molar-refractivity contribution < 1.29 is 44.0 Å². The number of nitrogens with one attached hydrogen (secondary N) is 1. The minimum atomic E-state index is -5.05. The Bertz CT molecular complexity index is 2400. The Kier molecular flexibility index (Phi) is 15.8. The Morgan fingerprint density at radius 3 is 1.98 bits per heavy atom. The minimum absolute atomic E-state index is 0. The van der Waals surface area contributed by atoms with Gasteiger partial charge in [0.05, 0.1) is 0 Å². The molecule has 0 spiro atoms. The van der Waals surface area contributed by atoms with Crippen molar-refractivity contribution in [2.75, 3.05) is 16.1 Å². The molecule has 50 heavy (non-hydrogen) atoms. The smallest absolute Gasteiger partial charge is 0.296 e. The van der Waals surface area contributed by atoms with Gasteiger partial charge >= 0.3 is 0 Å². The minimum Gasteiger partial charge on any atom is -0.505 e. The van der Waals surface area contributed by atoms with Crippen LogP contribution in [-0.2, 0) is 30.4 Å². The number of rotatable bonds is 10. The van der Waals surface area contributed by atoms with Crippen molar-refractivity contribution >= 4 is 176 Å². The number of hydrogen-bond donors (Lipinski definition) is 5. The zero-order chi connectivity index (χ0) is 34.1. The summed E-state index contributed by atoms with van der Waals surface area (Å²) >= 11 is 6.10. The summed E-state index contributed by atoms with van der Waals surface area (Å²) in [5.41, 5.74) is -0.608. The van der Waals surface area contributed by atoms with Crippen LogP contribution in [0.1, 0.15) is 0 Å². The maximum atomic E-state index is 12.3. The topological polar surface area (TPSA) is 262 Å². The predicted octanol–water partition coefficient (Wildman–Crippen LogP) is 3.88. The molecule has 0 fully saturated rings. The molecule has 3 radical (unpaired) electrons. The number of benzene rings is 4. The van der Waals surface area contributed by atoms with Gasteiger partial charge in [0.15, 0.2) is 11.6 Å². The van der Waals surface area contributed by atoms with Crippen molar-refractivity contribution in [1.82, 2.24) is 15.0 Å². The Morgan fingerprint density at radius 1 is 0.740 bits per heavy atom. The number of phenols is 1. The van der Waals surface area contributed by atoms with Crippen LogP contribution in [0, 0.1) is 0 Å². The van der Waals surface area contributed by atoms with E-state index in [1.54, 1.807) is 30.3 Å². The second-order valence-electron chi connectivity index (χ2n) is 9.45. The van der Waals surface area contributed by atoms with Crippen LogP contribution in [0.5, 0.6) is 5.75 Å². The molecule has 0 aliphatic heterocycles. The summed E-state index contributed by atoms with van der Waals surface area (Å²) in [7, 11) is -14.4. The summed E-state index contributed by atoms with van der Waals surface area (Å²) in [4.78, 5) is 11.7. The molecular formula is C26H20ClN7Na3O10S3. The molecule has 4 aromatic carbocycles. The van der Waals surface area contributed by atoms with Gasteiger partial charge in [-0.05, 0) is 65.5 Å². The Balaban J connectivity index is 0.00000289. The number of para-hydroxylation sites is 1. The Morgan fingerprint density at radius 2 is 1.36 bits per heavy atom. The molecule has 5 rings (SSSR count). The van der Waals surface area contributed by atoms with Crippen LogP contribution in [0.4, 0.5) is 34.6 Å². The van der Waals surface area contributed by atoms with Gasteiger partial charge < -0.3 is 10.4 Å². The third-order valence-electron chi connectivity index (χ3n) is 6.18. The molecule has 0 bridgehead atoms. The van der Waals surface area contributed by atoms with E-state index in [2.05, 4.69) is 30.5 Å². The van der Waals surface area contributed by atoms with Crippen LogP contribution in [0.25, 0.3) is 10.8 Å². The van der Waals surface area contributed by atoms with E-state index >= 15 is 0 Å². The maximum absolute atomic E-state index is 12.3. The average molecular weight is 791 g/mol. The molecule has 5 aromatic rings. The van der Waals surface area contributed by atoms with Crippen LogP contribution in [-0.4, -0.2) is 154 Å². The van der Waals surface area contributed by atoms with Crippen molar-refractivity contribution in [3.05, 3.63) is 84.1 Å². The van der Waals surface area contributed by atoms with E-state index in [-0.39, 0.29) is 128 Å². The van der Waals surface area contributed by atoms with Gasteiger partial charge in [-0.1, -0.05) is 30.3 Å². The number of azo groups is 1. The molecule has 0 unspecified atom stereocenters. The third-order valence-corrected chi connectivity index (χ3v) is 8.71. The summed E-state index contributed by atoms with van der Waals surface area (Å²) in [6, 6.07) is 17.9. The van der Waals surface area contributed by atoms with Crippen molar-refractivity contribution in [2.45, 2.75) is 9.79 Å². The Labute approximate surface area is 356 Å². The van der Waals surface area contributed by atoms with Gasteiger partial charge in [-0.3, -0.25) is 18.6 Å². The zero-order valence-corrected chi connectivity index (χ0v) is 35.4. The summed E-state index contributed by atoms with van der Waals surface area (Å²) in [6.45, 7) is 0. The van der Waals surface area contributed by atoms with E-state index in [0.717, 1.165) is 23.1 Å². The molecule has 0 saturated heterocycles. The molecule has 0 atom stereocenters. The van der Waals surface area contributed by atoms with Gasteiger partial charge in [0.1, 0.15) is 21.2 Å². The van der Waals surface area contributed by atoms with E-state index in [0.29, 0.717) is 5.69 Å². The van der Waals surface area contributed by atoms with Gasteiger partial charge in [-0.15, -0.1) is 10.2 Å². The molecule has 0 aliphatic rings. The predicted molar refractivity (Wildman–Crippen MR) is 186 cm³/mol. The molecule has 24 heteroatoms. The number of aromatic hydroxyl groups is 1. The van der Waals surface area contributed by atoms with E-state index in [1.165, 1.54) is 30.3 Å². The van der Waals surface area contributed by atoms with Crippen molar-refractivity contribution in [2.24, 2.45) is 10.2 Å². The molecular weight excluding hydrogens is 771 g/mol. The first-order valence-electron chi connectivity index (χ1n) is 12.7. The number of hydrogen-bond acceptors (Lipinski definition) is 14. The molecule has 1 heterocycles. The largest absolute Gasteiger partial charge is 0.505 e. The fourth-order valence-electron chi connectivity index (χ4n) is 4.25. The van der Waals surface area contributed by atoms with E-state index in [9.17, 15) is 44.0 Å². The van der Waals surface area contributed by atoms with Gasteiger partial charge in [-0.2, -0.15) is 40.2 Å². The summed E-state index contributed by atoms with van der Waals surface area (Å²) < 4.78 is 100. The summed E-state index contributed by atoms with van der Waals surface area (Å²) in [6.07, 6.45) is 0. The molecule has 5 N–H and O–H groups in total. The molecule has 0 saturated carbocycles. The zero-order valence-electron chi connectivity index (χ0n) is 26.2. The van der Waals surface area contributed by atoms with Crippen molar-refractivity contribution in [3.8, 4) is 5.75 Å². The quantitative estimate of drug-likeness (QED) is 0.0764. The summed E-state index contributed by atoms with van der Waals surface area (Å²) in [5.74, 6) is -2.12. The monoisotopic (exact) mass is 790 g/mol. The second-order valence-corrected chi connectivity index (χ2v) is 14.0. The molecule has 17 nitrogen and oxygen atoms in total. The van der Waals surface area contributed by atoms with Crippen molar-refractivity contribution in [3.63, 3.8) is 0 Å². The van der Waals surface area contributed by atoms with Crippen LogP contribution in [0.2, 0.25) is 5.28 Å². The van der Waals surface area contributed by atoms with Crippen LogP contribution in [0.15, 0.2) is 98.9 Å². The van der Waals surface area contributed by atoms with Gasteiger partial charge in [0.25, 0.3) is 30.4 Å².